The summed E-state index contributed by atoms with van der Waals surface area (Å²) in [7, 11) is 0. The zero-order chi connectivity index (χ0) is 17.9. The van der Waals surface area contributed by atoms with Gasteiger partial charge in [-0.05, 0) is 33.8 Å². The second-order valence-electron chi connectivity index (χ2n) is 6.30. The number of fused-ring (bicyclic) bond motifs is 1. The molecule has 8 heteroatoms. The number of hydrogen-bond donors (Lipinski definition) is 2. The van der Waals surface area contributed by atoms with Crippen LogP contribution in [0.5, 0.6) is 5.88 Å². The van der Waals surface area contributed by atoms with Crippen molar-refractivity contribution in [3.8, 4) is 5.88 Å². The van der Waals surface area contributed by atoms with Gasteiger partial charge in [-0.1, -0.05) is 23.3 Å². The maximum Gasteiger partial charge on any atom is 0.356 e. The van der Waals surface area contributed by atoms with Gasteiger partial charge in [-0.15, -0.1) is 17.5 Å². The summed E-state index contributed by atoms with van der Waals surface area (Å²) in [4.78, 5) is 13.2. The number of carbonyl (C=O) groups excluding carboxylic acids is 1. The number of nitrogens with zero attached hydrogens (tertiary/aromatic N) is 4. The summed E-state index contributed by atoms with van der Waals surface area (Å²) in [6, 6.07) is 7.42. The van der Waals surface area contributed by atoms with Crippen LogP contribution >= 0.6 is 12.4 Å². The predicted octanol–water partition coefficient (Wildman–Crippen LogP) is 4.05. The molecule has 0 radical (unpaired) electrons. The molecule has 7 nitrogen and oxygen atoms in total. The average Bonchev–Trinajstić information content (AvgIpc) is 2.77. The molecule has 0 aliphatic rings. The molecule has 1 aromatic heterocycles. The number of primary amides is 1. The largest absolute Gasteiger partial charge is 0.493 e. The van der Waals surface area contributed by atoms with Crippen molar-refractivity contribution < 1.29 is 9.90 Å². The molecule has 3 N–H and O–H groups in total. The van der Waals surface area contributed by atoms with Gasteiger partial charge in [0.15, 0.2) is 5.69 Å². The van der Waals surface area contributed by atoms with E-state index in [9.17, 15) is 9.90 Å². The highest BCUT2D eigenvalue weighted by Gasteiger charge is 2.19. The van der Waals surface area contributed by atoms with Crippen LogP contribution in [0.25, 0.3) is 10.9 Å². The van der Waals surface area contributed by atoms with Crippen molar-refractivity contribution in [2.24, 2.45) is 16.0 Å². The zero-order valence-corrected chi connectivity index (χ0v) is 15.8. The highest BCUT2D eigenvalue weighted by atomic mass is 35.5. The van der Waals surface area contributed by atoms with Gasteiger partial charge < -0.3 is 15.4 Å². The van der Waals surface area contributed by atoms with Crippen molar-refractivity contribution in [2.45, 2.75) is 46.3 Å². The number of hydrogen-bond acceptors (Lipinski definition) is 4. The standard InChI is InChI=1S/C17H25N5O2.ClH/c1-11(2)21(12(3)4)9-10-22-14-8-6-5-7-13(14)15(16(22)23)19-20-17(18)24;/h5-8,11-12,23H,9-10H2,1-4H3,(H2,18,24);1H. The Morgan fingerprint density at radius 3 is 2.40 bits per heavy atom. The summed E-state index contributed by atoms with van der Waals surface area (Å²) in [5, 5.41) is 18.5. The lowest BCUT2D eigenvalue weighted by Gasteiger charge is -2.30. The molecule has 2 rings (SSSR count). The lowest BCUT2D eigenvalue weighted by Crippen LogP contribution is -2.39. The quantitative estimate of drug-likeness (QED) is 0.753. The molecule has 1 heterocycles. The van der Waals surface area contributed by atoms with Gasteiger partial charge in [-0.25, -0.2) is 4.79 Å². The molecule has 0 aliphatic heterocycles. The highest BCUT2D eigenvalue weighted by Crippen LogP contribution is 2.38. The maximum atomic E-state index is 10.9. The molecule has 25 heavy (non-hydrogen) atoms. The number of azo groups is 1. The predicted molar refractivity (Wildman–Crippen MR) is 102 cm³/mol. The molecule has 0 saturated heterocycles. The van der Waals surface area contributed by atoms with E-state index in [0.717, 1.165) is 17.4 Å². The van der Waals surface area contributed by atoms with E-state index in [1.807, 2.05) is 24.3 Å². The van der Waals surface area contributed by atoms with Crippen LogP contribution in [0.15, 0.2) is 34.5 Å². The SMILES string of the molecule is CC(C)N(CCn1c(O)c(N=NC(N)=O)c2ccccc21)C(C)C.Cl. The van der Waals surface area contributed by atoms with E-state index < -0.39 is 6.03 Å². The number of rotatable bonds is 6. The van der Waals surface area contributed by atoms with E-state index in [1.54, 1.807) is 4.57 Å². The van der Waals surface area contributed by atoms with Gasteiger partial charge in [0.05, 0.1) is 5.52 Å². The van der Waals surface area contributed by atoms with E-state index in [1.165, 1.54) is 0 Å². The van der Waals surface area contributed by atoms with Crippen LogP contribution < -0.4 is 5.73 Å². The van der Waals surface area contributed by atoms with Gasteiger partial charge in [0.2, 0.25) is 5.88 Å². The molecule has 1 aromatic carbocycles. The van der Waals surface area contributed by atoms with Crippen LogP contribution in [0, 0.1) is 0 Å². The number of para-hydroxylation sites is 1. The minimum absolute atomic E-state index is 0. The Hall–Kier alpha value is -2.12. The van der Waals surface area contributed by atoms with Gasteiger partial charge >= 0.3 is 6.03 Å². The second-order valence-corrected chi connectivity index (χ2v) is 6.30. The fourth-order valence-electron chi connectivity index (χ4n) is 3.02. The van der Waals surface area contributed by atoms with Crippen molar-refractivity contribution >= 4 is 35.0 Å². The minimum Gasteiger partial charge on any atom is -0.493 e. The first-order valence-electron chi connectivity index (χ1n) is 8.10. The van der Waals surface area contributed by atoms with Gasteiger partial charge in [0.25, 0.3) is 0 Å². The number of nitrogens with two attached hydrogens (primary N) is 1. The molecule has 0 spiro atoms. The van der Waals surface area contributed by atoms with E-state index in [-0.39, 0.29) is 24.0 Å². The number of amides is 2. The van der Waals surface area contributed by atoms with Crippen LogP contribution in [0.1, 0.15) is 27.7 Å². The van der Waals surface area contributed by atoms with Crippen molar-refractivity contribution in [1.82, 2.24) is 9.47 Å². The molecule has 0 fully saturated rings. The zero-order valence-electron chi connectivity index (χ0n) is 15.0. The van der Waals surface area contributed by atoms with Crippen molar-refractivity contribution in [1.29, 1.82) is 0 Å². The lowest BCUT2D eigenvalue weighted by molar-refractivity contribution is 0.167. The number of aromatic hydroxyl groups is 1. The van der Waals surface area contributed by atoms with Gasteiger partial charge in [0, 0.05) is 30.6 Å². The van der Waals surface area contributed by atoms with E-state index in [4.69, 9.17) is 5.73 Å². The van der Waals surface area contributed by atoms with Crippen LogP contribution in [-0.4, -0.2) is 39.2 Å². The molecule has 2 aromatic rings. The summed E-state index contributed by atoms with van der Waals surface area (Å²) in [6.45, 7) is 10.0. The number of benzene rings is 1. The summed E-state index contributed by atoms with van der Waals surface area (Å²) in [5.74, 6) is -0.00587. The van der Waals surface area contributed by atoms with Crippen molar-refractivity contribution in [3.63, 3.8) is 0 Å². The number of aromatic nitrogens is 1. The summed E-state index contributed by atoms with van der Waals surface area (Å²) in [5.41, 5.74) is 6.13. The Morgan fingerprint density at radius 1 is 1.24 bits per heavy atom. The Labute approximate surface area is 153 Å². The first kappa shape index (κ1) is 20.9. The summed E-state index contributed by atoms with van der Waals surface area (Å²) < 4.78 is 1.79. The fourth-order valence-corrected chi connectivity index (χ4v) is 3.02. The van der Waals surface area contributed by atoms with E-state index in [0.29, 0.717) is 18.6 Å². The van der Waals surface area contributed by atoms with Crippen molar-refractivity contribution in [2.75, 3.05) is 6.54 Å². The van der Waals surface area contributed by atoms with Gasteiger partial charge in [-0.3, -0.25) is 4.90 Å². The summed E-state index contributed by atoms with van der Waals surface area (Å²) >= 11 is 0. The molecular formula is C17H26ClN5O2. The molecule has 0 bridgehead atoms. The van der Waals surface area contributed by atoms with Gasteiger partial charge in [-0.2, -0.15) is 0 Å². The van der Waals surface area contributed by atoms with Crippen LogP contribution in [0.2, 0.25) is 0 Å². The van der Waals surface area contributed by atoms with E-state index in [2.05, 4.69) is 42.8 Å². The Bertz CT molecular complexity index is 747. The number of urea groups is 1. The third-order valence-corrected chi connectivity index (χ3v) is 4.07. The number of halogens is 1. The van der Waals surface area contributed by atoms with Crippen LogP contribution in [0.3, 0.4) is 0 Å². The van der Waals surface area contributed by atoms with Crippen LogP contribution in [-0.2, 0) is 6.54 Å². The fraction of sp³-hybridized carbons (Fsp3) is 0.471. The first-order chi connectivity index (χ1) is 11.3. The maximum absolute atomic E-state index is 10.9. The van der Waals surface area contributed by atoms with Crippen LogP contribution in [0.4, 0.5) is 10.5 Å². The molecule has 0 aliphatic carbocycles. The average molecular weight is 368 g/mol. The Balaban J connectivity index is 0.00000312. The topological polar surface area (TPSA) is 96.2 Å². The molecule has 138 valence electrons. The molecule has 0 saturated carbocycles. The lowest BCUT2D eigenvalue weighted by atomic mass is 10.2. The smallest absolute Gasteiger partial charge is 0.356 e. The highest BCUT2D eigenvalue weighted by molar-refractivity contribution is 5.95. The Morgan fingerprint density at radius 2 is 1.84 bits per heavy atom. The second kappa shape index (κ2) is 8.82. The summed E-state index contributed by atoms with van der Waals surface area (Å²) in [6.07, 6.45) is 0. The van der Waals surface area contributed by atoms with Crippen molar-refractivity contribution in [3.05, 3.63) is 24.3 Å². The molecular weight excluding hydrogens is 342 g/mol. The molecule has 0 atom stereocenters. The molecule has 0 unspecified atom stereocenters. The van der Waals surface area contributed by atoms with Gasteiger partial charge in [0.1, 0.15) is 0 Å². The van der Waals surface area contributed by atoms with E-state index >= 15 is 0 Å². The monoisotopic (exact) mass is 367 g/mol. The molecule has 2 amide bonds. The number of carbonyl (C=O) groups is 1. The minimum atomic E-state index is -0.892. The first-order valence-corrected chi connectivity index (χ1v) is 8.10. The third-order valence-electron chi connectivity index (χ3n) is 4.07. The Kier molecular flexibility index (Phi) is 7.38. The third kappa shape index (κ3) is 4.70. The normalized spacial score (nSPS) is 11.8.